The van der Waals surface area contributed by atoms with Crippen LogP contribution in [0.4, 0.5) is 45.5 Å². The van der Waals surface area contributed by atoms with Crippen molar-refractivity contribution in [3.63, 3.8) is 0 Å². The molecule has 264 valence electrons. The van der Waals surface area contributed by atoms with Crippen molar-refractivity contribution < 1.29 is 0 Å². The Morgan fingerprint density at radius 2 is 0.870 bits per heavy atom. The highest BCUT2D eigenvalue weighted by atomic mass is 15.2. The number of hydrogen-bond donors (Lipinski definition) is 0. The normalized spacial score (nSPS) is 13.6. The molecule has 0 fully saturated rings. The molecule has 0 amide bonds. The standard InChI is InChI=1S/C51H45N3/c1-38-25-29-46(30-26-38)54(44-21-11-6-12-22-44)51-37-49(53(43-19-9-5-10-20-43)48-24-14-16-40(3)36-48)33-34-50(51)41-27-31-45(32-28-41)52(42-17-7-4-8-18-42)47-23-13-15-39(2)35-47/h4-25,27-38H,26H2,1-3H3. The van der Waals surface area contributed by atoms with E-state index < -0.39 is 0 Å². The Morgan fingerprint density at radius 1 is 0.426 bits per heavy atom. The third kappa shape index (κ3) is 7.35. The van der Waals surface area contributed by atoms with E-state index in [0.717, 1.165) is 63.0 Å². The molecule has 8 rings (SSSR count). The zero-order valence-electron chi connectivity index (χ0n) is 31.2. The molecule has 0 N–H and O–H groups in total. The van der Waals surface area contributed by atoms with Gasteiger partial charge in [-0.3, -0.25) is 0 Å². The Hall–Kier alpha value is -6.58. The van der Waals surface area contributed by atoms with Gasteiger partial charge in [0.05, 0.1) is 5.69 Å². The van der Waals surface area contributed by atoms with Crippen LogP contribution in [0.25, 0.3) is 11.1 Å². The summed E-state index contributed by atoms with van der Waals surface area (Å²) in [5, 5.41) is 0. The lowest BCUT2D eigenvalue weighted by Crippen LogP contribution is -2.19. The zero-order valence-corrected chi connectivity index (χ0v) is 31.2. The largest absolute Gasteiger partial charge is 0.310 e. The van der Waals surface area contributed by atoms with Crippen LogP contribution in [-0.2, 0) is 0 Å². The van der Waals surface area contributed by atoms with Gasteiger partial charge in [0.2, 0.25) is 0 Å². The summed E-state index contributed by atoms with van der Waals surface area (Å²) in [6.07, 6.45) is 7.99. The van der Waals surface area contributed by atoms with Crippen LogP contribution in [0.15, 0.2) is 206 Å². The molecule has 0 saturated heterocycles. The summed E-state index contributed by atoms with van der Waals surface area (Å²) in [5.74, 6) is 0.501. The molecule has 1 unspecified atom stereocenters. The van der Waals surface area contributed by atoms with E-state index in [2.05, 4.69) is 236 Å². The third-order valence-electron chi connectivity index (χ3n) is 10.0. The topological polar surface area (TPSA) is 9.72 Å². The maximum atomic E-state index is 2.43. The fourth-order valence-corrected chi connectivity index (χ4v) is 7.35. The molecular weight excluding hydrogens is 655 g/mol. The third-order valence-corrected chi connectivity index (χ3v) is 10.0. The molecule has 7 aromatic carbocycles. The molecule has 54 heavy (non-hydrogen) atoms. The van der Waals surface area contributed by atoms with E-state index in [9.17, 15) is 0 Å². The molecule has 1 aliphatic rings. The van der Waals surface area contributed by atoms with Gasteiger partial charge >= 0.3 is 0 Å². The molecule has 0 heterocycles. The summed E-state index contributed by atoms with van der Waals surface area (Å²) in [4.78, 5) is 7.12. The van der Waals surface area contributed by atoms with Gasteiger partial charge in [-0.1, -0.05) is 116 Å². The highest BCUT2D eigenvalue weighted by Gasteiger charge is 2.23. The first-order valence-corrected chi connectivity index (χ1v) is 18.8. The van der Waals surface area contributed by atoms with Crippen molar-refractivity contribution in [2.45, 2.75) is 27.2 Å². The number of benzene rings is 7. The van der Waals surface area contributed by atoms with Crippen molar-refractivity contribution in [2.24, 2.45) is 5.92 Å². The van der Waals surface area contributed by atoms with Crippen LogP contribution in [-0.4, -0.2) is 0 Å². The summed E-state index contributed by atoms with van der Waals surface area (Å²) in [6, 6.07) is 65.5. The van der Waals surface area contributed by atoms with E-state index in [1.165, 1.54) is 16.8 Å². The minimum atomic E-state index is 0.501. The second kappa shape index (κ2) is 15.6. The molecule has 0 aliphatic heterocycles. The Balaban J connectivity index is 1.31. The summed E-state index contributed by atoms with van der Waals surface area (Å²) in [6.45, 7) is 6.58. The van der Waals surface area contributed by atoms with Gasteiger partial charge in [-0.05, 0) is 134 Å². The van der Waals surface area contributed by atoms with Crippen LogP contribution in [0.3, 0.4) is 0 Å². The van der Waals surface area contributed by atoms with E-state index in [-0.39, 0.29) is 0 Å². The second-order valence-corrected chi connectivity index (χ2v) is 14.1. The van der Waals surface area contributed by atoms with Gasteiger partial charge in [-0.25, -0.2) is 0 Å². The lowest BCUT2D eigenvalue weighted by Gasteiger charge is -2.33. The van der Waals surface area contributed by atoms with Gasteiger partial charge in [0.15, 0.2) is 0 Å². The van der Waals surface area contributed by atoms with E-state index in [4.69, 9.17) is 0 Å². The molecular formula is C51H45N3. The predicted octanol–water partition coefficient (Wildman–Crippen LogP) is 14.5. The highest BCUT2D eigenvalue weighted by Crippen LogP contribution is 2.45. The monoisotopic (exact) mass is 699 g/mol. The number of nitrogens with zero attached hydrogens (tertiary/aromatic N) is 3. The highest BCUT2D eigenvalue weighted by molar-refractivity contribution is 5.91. The number of para-hydroxylation sites is 3. The van der Waals surface area contributed by atoms with Gasteiger partial charge in [0, 0.05) is 51.1 Å². The summed E-state index contributed by atoms with van der Waals surface area (Å²) in [5.41, 5.74) is 14.8. The molecule has 0 saturated carbocycles. The van der Waals surface area contributed by atoms with E-state index >= 15 is 0 Å². The number of allylic oxidation sites excluding steroid dienone is 3. The zero-order chi connectivity index (χ0) is 36.9. The SMILES string of the molecule is Cc1cccc(N(c2ccccc2)c2ccc(-c3ccc(N(c4ccccc4)c4cccc(C)c4)cc3N(C3=CCC(C)C=C3)c3ccccc3)cc2)c1. The molecule has 0 aromatic heterocycles. The van der Waals surface area contributed by atoms with E-state index in [0.29, 0.717) is 5.92 Å². The molecule has 7 aromatic rings. The van der Waals surface area contributed by atoms with E-state index in [1.807, 2.05) is 0 Å². The Kier molecular flexibility index (Phi) is 9.95. The van der Waals surface area contributed by atoms with Crippen molar-refractivity contribution in [3.8, 4) is 11.1 Å². The first-order valence-electron chi connectivity index (χ1n) is 18.8. The molecule has 3 heteroatoms. The summed E-state index contributed by atoms with van der Waals surface area (Å²) < 4.78 is 0. The quantitative estimate of drug-likeness (QED) is 0.141. The van der Waals surface area contributed by atoms with Crippen LogP contribution in [0, 0.1) is 19.8 Å². The van der Waals surface area contributed by atoms with Crippen molar-refractivity contribution in [1.82, 2.24) is 0 Å². The van der Waals surface area contributed by atoms with Gasteiger partial charge < -0.3 is 14.7 Å². The van der Waals surface area contributed by atoms with Crippen LogP contribution >= 0.6 is 0 Å². The minimum Gasteiger partial charge on any atom is -0.310 e. The van der Waals surface area contributed by atoms with Crippen molar-refractivity contribution in [2.75, 3.05) is 14.7 Å². The first kappa shape index (κ1) is 34.5. The summed E-state index contributed by atoms with van der Waals surface area (Å²) in [7, 11) is 0. The maximum absolute atomic E-state index is 2.43. The maximum Gasteiger partial charge on any atom is 0.0560 e. The average Bonchev–Trinajstić information content (AvgIpc) is 3.21. The second-order valence-electron chi connectivity index (χ2n) is 14.1. The minimum absolute atomic E-state index is 0.501. The lowest BCUT2D eigenvalue weighted by atomic mass is 9.97. The Morgan fingerprint density at radius 3 is 1.37 bits per heavy atom. The number of aryl methyl sites for hydroxylation is 2. The Bertz CT molecular complexity index is 2400. The first-order chi connectivity index (χ1) is 26.5. The molecule has 3 nitrogen and oxygen atoms in total. The van der Waals surface area contributed by atoms with Crippen molar-refractivity contribution in [1.29, 1.82) is 0 Å². The molecule has 1 atom stereocenters. The van der Waals surface area contributed by atoms with Crippen LogP contribution in [0.2, 0.25) is 0 Å². The van der Waals surface area contributed by atoms with E-state index in [1.54, 1.807) is 0 Å². The predicted molar refractivity (Wildman–Crippen MR) is 230 cm³/mol. The summed E-state index contributed by atoms with van der Waals surface area (Å²) >= 11 is 0. The fourth-order valence-electron chi connectivity index (χ4n) is 7.35. The van der Waals surface area contributed by atoms with Crippen molar-refractivity contribution in [3.05, 3.63) is 217 Å². The molecule has 0 radical (unpaired) electrons. The van der Waals surface area contributed by atoms with Gasteiger partial charge in [0.25, 0.3) is 0 Å². The Labute approximate surface area is 320 Å². The van der Waals surface area contributed by atoms with Crippen LogP contribution in [0.1, 0.15) is 24.5 Å². The number of anilines is 8. The van der Waals surface area contributed by atoms with Gasteiger partial charge in [-0.2, -0.15) is 0 Å². The van der Waals surface area contributed by atoms with Crippen LogP contribution in [0.5, 0.6) is 0 Å². The number of hydrogen-bond acceptors (Lipinski definition) is 3. The van der Waals surface area contributed by atoms with Crippen LogP contribution < -0.4 is 14.7 Å². The van der Waals surface area contributed by atoms with Crippen molar-refractivity contribution >= 4 is 45.5 Å². The average molecular weight is 700 g/mol. The molecule has 0 spiro atoms. The molecule has 1 aliphatic carbocycles. The van der Waals surface area contributed by atoms with Gasteiger partial charge in [-0.15, -0.1) is 0 Å². The lowest BCUT2D eigenvalue weighted by molar-refractivity contribution is 0.728. The van der Waals surface area contributed by atoms with Gasteiger partial charge in [0.1, 0.15) is 0 Å². The smallest absolute Gasteiger partial charge is 0.0560 e. The molecule has 0 bridgehead atoms. The fraction of sp³-hybridized carbons (Fsp3) is 0.0980. The number of rotatable bonds is 10.